The molecule has 3 rings (SSSR count). The van der Waals surface area contributed by atoms with Gasteiger partial charge in [-0.25, -0.2) is 12.8 Å². The minimum absolute atomic E-state index is 0.0173. The van der Waals surface area contributed by atoms with Gasteiger partial charge in [0.15, 0.2) is 9.84 Å². The second-order valence-electron chi connectivity index (χ2n) is 5.45. The molecule has 7 heteroatoms. The number of aryl methyl sites for hydroxylation is 1. The van der Waals surface area contributed by atoms with Crippen LogP contribution in [0.4, 0.5) is 4.39 Å². The summed E-state index contributed by atoms with van der Waals surface area (Å²) in [6.45, 7) is 0. The normalized spacial score (nSPS) is 18.1. The van der Waals surface area contributed by atoms with Crippen molar-refractivity contribution < 1.29 is 22.7 Å². The van der Waals surface area contributed by atoms with Gasteiger partial charge in [0, 0.05) is 23.3 Å². The Kier molecular flexibility index (Phi) is 3.05. The first-order valence-electron chi connectivity index (χ1n) is 6.53. The van der Waals surface area contributed by atoms with E-state index in [1.165, 1.54) is 6.07 Å². The fourth-order valence-electron chi connectivity index (χ4n) is 3.09. The Morgan fingerprint density at radius 3 is 2.81 bits per heavy atom. The standard InChI is InChI=1S/C14H14FNO4S/c1-21(19,20)11-6-8(15)5-10-9-3-2-7(4-12(17)18)13(9)16-14(10)11/h5-7,16H,2-4H2,1H3,(H,17,18)/t7-/m1/s1. The zero-order valence-corrected chi connectivity index (χ0v) is 12.1. The van der Waals surface area contributed by atoms with Gasteiger partial charge in [-0.1, -0.05) is 0 Å². The number of nitrogens with one attached hydrogen (secondary N) is 1. The van der Waals surface area contributed by atoms with E-state index in [4.69, 9.17) is 5.11 Å². The molecule has 5 nitrogen and oxygen atoms in total. The molecule has 1 heterocycles. The summed E-state index contributed by atoms with van der Waals surface area (Å²) in [5.41, 5.74) is 1.93. The molecule has 1 aliphatic rings. The van der Waals surface area contributed by atoms with Crippen molar-refractivity contribution in [2.75, 3.05) is 6.26 Å². The van der Waals surface area contributed by atoms with Gasteiger partial charge in [0.05, 0.1) is 16.8 Å². The lowest BCUT2D eigenvalue weighted by Gasteiger charge is -2.06. The molecule has 0 spiro atoms. The third-order valence-electron chi connectivity index (χ3n) is 3.95. The highest BCUT2D eigenvalue weighted by molar-refractivity contribution is 7.91. The topological polar surface area (TPSA) is 87.2 Å². The maximum atomic E-state index is 13.7. The third kappa shape index (κ3) is 2.31. The van der Waals surface area contributed by atoms with Crippen LogP contribution in [0.15, 0.2) is 17.0 Å². The van der Waals surface area contributed by atoms with Crippen molar-refractivity contribution in [1.82, 2.24) is 4.98 Å². The summed E-state index contributed by atoms with van der Waals surface area (Å²) in [7, 11) is -3.57. The Morgan fingerprint density at radius 1 is 1.48 bits per heavy atom. The van der Waals surface area contributed by atoms with Crippen molar-refractivity contribution in [3.8, 4) is 0 Å². The van der Waals surface area contributed by atoms with Crippen LogP contribution in [0.2, 0.25) is 0 Å². The van der Waals surface area contributed by atoms with Gasteiger partial charge >= 0.3 is 5.97 Å². The maximum absolute atomic E-state index is 13.7. The van der Waals surface area contributed by atoms with E-state index in [1.54, 1.807) is 0 Å². The monoisotopic (exact) mass is 311 g/mol. The van der Waals surface area contributed by atoms with Crippen molar-refractivity contribution in [2.24, 2.45) is 0 Å². The van der Waals surface area contributed by atoms with Gasteiger partial charge in [-0.3, -0.25) is 4.79 Å². The molecule has 21 heavy (non-hydrogen) atoms. The van der Waals surface area contributed by atoms with Crippen molar-refractivity contribution in [3.05, 3.63) is 29.2 Å². The molecule has 112 valence electrons. The highest BCUT2D eigenvalue weighted by Crippen LogP contribution is 2.41. The largest absolute Gasteiger partial charge is 0.481 e. The molecule has 0 radical (unpaired) electrons. The minimum Gasteiger partial charge on any atom is -0.481 e. The number of sulfone groups is 1. The summed E-state index contributed by atoms with van der Waals surface area (Å²) in [6.07, 6.45) is 2.31. The molecule has 1 aliphatic carbocycles. The highest BCUT2D eigenvalue weighted by atomic mass is 32.2. The second kappa shape index (κ2) is 4.56. The summed E-state index contributed by atoms with van der Waals surface area (Å²) in [4.78, 5) is 13.8. The van der Waals surface area contributed by atoms with E-state index in [0.29, 0.717) is 23.7 Å². The molecule has 0 saturated carbocycles. The Labute approximate surface area is 120 Å². The molecule has 0 saturated heterocycles. The molecule has 0 bridgehead atoms. The van der Waals surface area contributed by atoms with Crippen LogP contribution in [0.3, 0.4) is 0 Å². The second-order valence-corrected chi connectivity index (χ2v) is 7.43. The van der Waals surface area contributed by atoms with Crippen molar-refractivity contribution in [1.29, 1.82) is 0 Å². The average molecular weight is 311 g/mol. The number of halogens is 1. The SMILES string of the molecule is CS(=O)(=O)c1cc(F)cc2c3c([nH]c12)[C@@H](CC(=O)O)CC3. The Hall–Kier alpha value is -1.89. The predicted molar refractivity (Wildman–Crippen MR) is 74.7 cm³/mol. The van der Waals surface area contributed by atoms with Gasteiger partial charge in [-0.2, -0.15) is 0 Å². The Morgan fingerprint density at radius 2 is 2.19 bits per heavy atom. The molecular formula is C14H14FNO4S. The van der Waals surface area contributed by atoms with Gasteiger partial charge in [-0.15, -0.1) is 0 Å². The molecular weight excluding hydrogens is 297 g/mol. The van der Waals surface area contributed by atoms with E-state index in [9.17, 15) is 17.6 Å². The summed E-state index contributed by atoms with van der Waals surface area (Å²) in [6, 6.07) is 2.30. The highest BCUT2D eigenvalue weighted by Gasteiger charge is 2.30. The maximum Gasteiger partial charge on any atom is 0.304 e. The lowest BCUT2D eigenvalue weighted by atomic mass is 10.0. The smallest absolute Gasteiger partial charge is 0.304 e. The van der Waals surface area contributed by atoms with E-state index in [-0.39, 0.29) is 17.2 Å². The fraction of sp³-hybridized carbons (Fsp3) is 0.357. The lowest BCUT2D eigenvalue weighted by Crippen LogP contribution is -2.04. The number of rotatable bonds is 3. The molecule has 0 aliphatic heterocycles. The van der Waals surface area contributed by atoms with Crippen molar-refractivity contribution in [3.63, 3.8) is 0 Å². The van der Waals surface area contributed by atoms with E-state index in [2.05, 4.69) is 4.98 Å². The number of H-pyrrole nitrogens is 1. The zero-order chi connectivity index (χ0) is 15.4. The molecule has 2 aromatic rings. The van der Waals surface area contributed by atoms with Crippen LogP contribution in [0.25, 0.3) is 10.9 Å². The number of carboxylic acid groups (broad SMARTS) is 1. The number of fused-ring (bicyclic) bond motifs is 3. The number of hydrogen-bond acceptors (Lipinski definition) is 3. The Bertz CT molecular complexity index is 853. The van der Waals surface area contributed by atoms with E-state index in [0.717, 1.165) is 23.6 Å². The lowest BCUT2D eigenvalue weighted by molar-refractivity contribution is -0.137. The number of carboxylic acids is 1. The van der Waals surface area contributed by atoms with Crippen LogP contribution in [0, 0.1) is 5.82 Å². The predicted octanol–water partition coefficient (Wildman–Crippen LogP) is 2.21. The van der Waals surface area contributed by atoms with Crippen LogP contribution in [0.1, 0.15) is 30.0 Å². The first-order chi connectivity index (χ1) is 9.77. The van der Waals surface area contributed by atoms with Gasteiger partial charge in [0.1, 0.15) is 5.82 Å². The van der Waals surface area contributed by atoms with Gasteiger partial charge in [-0.05, 0) is 30.5 Å². The quantitative estimate of drug-likeness (QED) is 0.910. The number of benzene rings is 1. The van der Waals surface area contributed by atoms with Crippen LogP contribution < -0.4 is 0 Å². The van der Waals surface area contributed by atoms with Gasteiger partial charge in [0.2, 0.25) is 0 Å². The average Bonchev–Trinajstić information content (AvgIpc) is 2.87. The molecule has 2 N–H and O–H groups in total. The third-order valence-corrected chi connectivity index (χ3v) is 5.07. The first kappa shape index (κ1) is 14.1. The van der Waals surface area contributed by atoms with Crippen molar-refractivity contribution >= 4 is 26.7 Å². The fourth-order valence-corrected chi connectivity index (χ4v) is 3.95. The van der Waals surface area contributed by atoms with Crippen LogP contribution >= 0.6 is 0 Å². The summed E-state index contributed by atoms with van der Waals surface area (Å²) >= 11 is 0. The van der Waals surface area contributed by atoms with E-state index >= 15 is 0 Å². The molecule has 1 atom stereocenters. The van der Waals surface area contributed by atoms with E-state index in [1.807, 2.05) is 0 Å². The molecule has 0 amide bonds. The number of aromatic nitrogens is 1. The first-order valence-corrected chi connectivity index (χ1v) is 8.42. The molecule has 0 fully saturated rings. The molecule has 0 unspecified atom stereocenters. The number of aliphatic carboxylic acids is 1. The number of carbonyl (C=O) groups is 1. The number of hydrogen-bond donors (Lipinski definition) is 2. The summed E-state index contributed by atoms with van der Waals surface area (Å²) in [5.74, 6) is -1.69. The minimum atomic E-state index is -3.57. The van der Waals surface area contributed by atoms with Gasteiger partial charge in [0.25, 0.3) is 0 Å². The zero-order valence-electron chi connectivity index (χ0n) is 11.3. The van der Waals surface area contributed by atoms with E-state index < -0.39 is 21.6 Å². The Balaban J connectivity index is 2.25. The van der Waals surface area contributed by atoms with Crippen molar-refractivity contribution in [2.45, 2.75) is 30.1 Å². The van der Waals surface area contributed by atoms with Crippen LogP contribution in [0.5, 0.6) is 0 Å². The summed E-state index contributed by atoms with van der Waals surface area (Å²) < 4.78 is 37.3. The van der Waals surface area contributed by atoms with Crippen LogP contribution in [-0.4, -0.2) is 30.7 Å². The summed E-state index contributed by atoms with van der Waals surface area (Å²) in [5, 5.41) is 9.47. The van der Waals surface area contributed by atoms with Gasteiger partial charge < -0.3 is 10.1 Å². The number of aromatic amines is 1. The van der Waals surface area contributed by atoms with Crippen LogP contribution in [-0.2, 0) is 21.1 Å². The molecule has 1 aromatic carbocycles. The molecule has 1 aromatic heterocycles.